The Morgan fingerprint density at radius 1 is 1.31 bits per heavy atom. The number of nitrogens with one attached hydrogen (secondary N) is 1. The Labute approximate surface area is 164 Å². The van der Waals surface area contributed by atoms with Gasteiger partial charge >= 0.3 is 0 Å². The summed E-state index contributed by atoms with van der Waals surface area (Å²) in [6.45, 7) is 1.47. The first-order chi connectivity index (χ1) is 12.3. The number of anilines is 1. The number of hydrogen-bond acceptors (Lipinski definition) is 6. The third-order valence-corrected chi connectivity index (χ3v) is 6.28. The molecule has 0 radical (unpaired) electrons. The van der Waals surface area contributed by atoms with E-state index in [1.165, 1.54) is 30.6 Å². The lowest BCUT2D eigenvalue weighted by atomic mass is 9.86. The van der Waals surface area contributed by atoms with Crippen LogP contribution in [0, 0.1) is 5.92 Å². The first-order valence-electron chi connectivity index (χ1n) is 9.05. The minimum atomic E-state index is 0. The first-order valence-corrected chi connectivity index (χ1v) is 9.86. The van der Waals surface area contributed by atoms with Crippen LogP contribution in [0.5, 0.6) is 11.5 Å². The van der Waals surface area contributed by atoms with E-state index in [2.05, 4.69) is 11.4 Å². The largest absolute Gasteiger partial charge is 0.493 e. The van der Waals surface area contributed by atoms with Crippen molar-refractivity contribution < 1.29 is 9.47 Å². The summed E-state index contributed by atoms with van der Waals surface area (Å²) in [7, 11) is 1.68. The van der Waals surface area contributed by atoms with Crippen molar-refractivity contribution in [2.24, 2.45) is 11.7 Å². The van der Waals surface area contributed by atoms with Crippen LogP contribution in [-0.2, 0) is 6.42 Å². The van der Waals surface area contributed by atoms with E-state index in [1.54, 1.807) is 18.4 Å². The number of aromatic nitrogens is 1. The Morgan fingerprint density at radius 3 is 2.85 bits per heavy atom. The molecule has 0 spiro atoms. The van der Waals surface area contributed by atoms with Crippen LogP contribution >= 0.6 is 23.7 Å². The van der Waals surface area contributed by atoms with Gasteiger partial charge in [0.25, 0.3) is 0 Å². The van der Waals surface area contributed by atoms with Crippen LogP contribution in [0.4, 0.5) is 5.13 Å². The summed E-state index contributed by atoms with van der Waals surface area (Å²) in [6.07, 6.45) is 5.67. The van der Waals surface area contributed by atoms with Gasteiger partial charge in [0.15, 0.2) is 16.6 Å². The first kappa shape index (κ1) is 19.3. The van der Waals surface area contributed by atoms with Gasteiger partial charge in [-0.2, -0.15) is 0 Å². The SMILES string of the molecule is COc1cccc2c1OCCc1sc(NC3CCC(CN)CC3)nc1-2.Cl. The number of benzene rings is 1. The number of nitrogens with zero attached hydrogens (tertiary/aromatic N) is 1. The molecule has 4 rings (SSSR count). The summed E-state index contributed by atoms with van der Waals surface area (Å²) in [6, 6.07) is 6.51. The summed E-state index contributed by atoms with van der Waals surface area (Å²) >= 11 is 1.76. The second-order valence-electron chi connectivity index (χ2n) is 6.82. The molecule has 0 unspecified atom stereocenters. The number of ether oxygens (including phenoxy) is 2. The maximum absolute atomic E-state index is 5.93. The normalized spacial score (nSPS) is 21.5. The van der Waals surface area contributed by atoms with Crippen LogP contribution in [0.3, 0.4) is 0 Å². The monoisotopic (exact) mass is 395 g/mol. The summed E-state index contributed by atoms with van der Waals surface area (Å²) in [5.41, 5.74) is 7.87. The highest BCUT2D eigenvalue weighted by atomic mass is 35.5. The van der Waals surface area contributed by atoms with Gasteiger partial charge in [0.2, 0.25) is 0 Å². The zero-order valence-corrected chi connectivity index (χ0v) is 16.6. The van der Waals surface area contributed by atoms with Crippen molar-refractivity contribution in [3.63, 3.8) is 0 Å². The quantitative estimate of drug-likeness (QED) is 0.815. The molecule has 2 heterocycles. The van der Waals surface area contributed by atoms with Crippen molar-refractivity contribution in [3.05, 3.63) is 23.1 Å². The highest BCUT2D eigenvalue weighted by molar-refractivity contribution is 7.16. The second-order valence-corrected chi connectivity index (χ2v) is 7.91. The van der Waals surface area contributed by atoms with Crippen LogP contribution in [0.15, 0.2) is 18.2 Å². The van der Waals surface area contributed by atoms with E-state index in [0.717, 1.165) is 40.9 Å². The van der Waals surface area contributed by atoms with Gasteiger partial charge in [0, 0.05) is 22.9 Å². The van der Waals surface area contributed by atoms with Gasteiger partial charge in [-0.25, -0.2) is 4.98 Å². The highest BCUT2D eigenvalue weighted by Crippen LogP contribution is 2.43. The molecule has 1 aliphatic heterocycles. The molecule has 5 nitrogen and oxygen atoms in total. The summed E-state index contributed by atoms with van der Waals surface area (Å²) in [5, 5.41) is 4.68. The Bertz CT molecular complexity index is 744. The van der Waals surface area contributed by atoms with E-state index in [1.807, 2.05) is 12.1 Å². The molecule has 3 N–H and O–H groups in total. The molecule has 142 valence electrons. The zero-order chi connectivity index (χ0) is 17.2. The molecule has 2 aromatic rings. The van der Waals surface area contributed by atoms with Crippen molar-refractivity contribution in [2.75, 3.05) is 25.6 Å². The minimum absolute atomic E-state index is 0. The van der Waals surface area contributed by atoms with E-state index in [-0.39, 0.29) is 12.4 Å². The molecule has 26 heavy (non-hydrogen) atoms. The molecule has 0 atom stereocenters. The molecule has 1 fully saturated rings. The number of halogens is 1. The van der Waals surface area contributed by atoms with Gasteiger partial charge in [-0.3, -0.25) is 0 Å². The number of methoxy groups -OCH3 is 1. The molecule has 7 heteroatoms. The topological polar surface area (TPSA) is 69.4 Å². The summed E-state index contributed by atoms with van der Waals surface area (Å²) in [5.74, 6) is 2.28. The second kappa shape index (κ2) is 8.46. The van der Waals surface area contributed by atoms with Crippen LogP contribution in [-0.4, -0.2) is 31.3 Å². The molecular weight excluding hydrogens is 370 g/mol. The predicted octanol–water partition coefficient (Wildman–Crippen LogP) is 4.10. The third kappa shape index (κ3) is 3.77. The van der Waals surface area contributed by atoms with E-state index in [4.69, 9.17) is 20.2 Å². The average molecular weight is 396 g/mol. The number of fused-ring (bicyclic) bond motifs is 3. The van der Waals surface area contributed by atoms with Crippen LogP contribution in [0.2, 0.25) is 0 Å². The predicted molar refractivity (Wildman–Crippen MR) is 109 cm³/mol. The van der Waals surface area contributed by atoms with Crippen molar-refractivity contribution >= 4 is 28.9 Å². The van der Waals surface area contributed by atoms with Crippen LogP contribution in [0.1, 0.15) is 30.6 Å². The molecule has 1 aromatic heterocycles. The Kier molecular flexibility index (Phi) is 6.27. The van der Waals surface area contributed by atoms with Crippen LogP contribution < -0.4 is 20.5 Å². The maximum Gasteiger partial charge on any atom is 0.183 e. The zero-order valence-electron chi connectivity index (χ0n) is 15.0. The van der Waals surface area contributed by atoms with Crippen molar-refractivity contribution in [1.82, 2.24) is 4.98 Å². The van der Waals surface area contributed by atoms with Gasteiger partial charge in [0.05, 0.1) is 19.4 Å². The number of thiazole rings is 1. The lowest BCUT2D eigenvalue weighted by Gasteiger charge is -2.28. The Hall–Kier alpha value is -1.50. The van der Waals surface area contributed by atoms with E-state index in [0.29, 0.717) is 18.6 Å². The summed E-state index contributed by atoms with van der Waals surface area (Å²) in [4.78, 5) is 6.19. The van der Waals surface area contributed by atoms with Crippen LogP contribution in [0.25, 0.3) is 11.3 Å². The van der Waals surface area contributed by atoms with E-state index >= 15 is 0 Å². The van der Waals surface area contributed by atoms with Gasteiger partial charge in [0.1, 0.15) is 0 Å². The molecule has 0 bridgehead atoms. The number of hydrogen-bond donors (Lipinski definition) is 2. The molecule has 1 saturated carbocycles. The van der Waals surface area contributed by atoms with Gasteiger partial charge in [-0.1, -0.05) is 6.07 Å². The van der Waals surface area contributed by atoms with Crippen molar-refractivity contribution in [3.8, 4) is 22.8 Å². The highest BCUT2D eigenvalue weighted by Gasteiger charge is 2.25. The average Bonchev–Trinajstić information content (AvgIpc) is 2.96. The Balaban J connectivity index is 0.00000196. The fourth-order valence-corrected chi connectivity index (χ4v) is 4.80. The van der Waals surface area contributed by atoms with E-state index in [9.17, 15) is 0 Å². The van der Waals surface area contributed by atoms with Gasteiger partial charge < -0.3 is 20.5 Å². The van der Waals surface area contributed by atoms with Crippen molar-refractivity contribution in [2.45, 2.75) is 38.1 Å². The molecule has 0 saturated heterocycles. The number of para-hydroxylation sites is 1. The molecular formula is C19H26ClN3O2S. The minimum Gasteiger partial charge on any atom is -0.493 e. The number of rotatable bonds is 4. The van der Waals surface area contributed by atoms with Crippen molar-refractivity contribution in [1.29, 1.82) is 0 Å². The van der Waals surface area contributed by atoms with E-state index < -0.39 is 0 Å². The third-order valence-electron chi connectivity index (χ3n) is 5.23. The molecule has 1 aromatic carbocycles. The lowest BCUT2D eigenvalue weighted by molar-refractivity contribution is 0.302. The standard InChI is InChI=1S/C19H25N3O2S.ClH/c1-23-15-4-2-3-14-17-16(9-10-24-18(14)15)25-19(22-17)21-13-7-5-12(11-20)6-8-13;/h2-4,12-13H,5-11,20H2,1H3,(H,21,22);1H. The molecule has 0 amide bonds. The lowest BCUT2D eigenvalue weighted by Crippen LogP contribution is -2.29. The molecule has 1 aliphatic carbocycles. The van der Waals surface area contributed by atoms with Gasteiger partial charge in [-0.05, 0) is 50.3 Å². The number of nitrogens with two attached hydrogens (primary N) is 1. The fourth-order valence-electron chi connectivity index (χ4n) is 3.77. The van der Waals surface area contributed by atoms with Gasteiger partial charge in [-0.15, -0.1) is 23.7 Å². The maximum atomic E-state index is 5.93. The Morgan fingerprint density at radius 2 is 2.12 bits per heavy atom. The fraction of sp³-hybridized carbons (Fsp3) is 0.526. The summed E-state index contributed by atoms with van der Waals surface area (Å²) < 4.78 is 11.4. The smallest absolute Gasteiger partial charge is 0.183 e. The molecule has 2 aliphatic rings.